The minimum Gasteiger partial charge on any atom is -0.372 e. The number of para-hydroxylation sites is 2. The lowest BCUT2D eigenvalue weighted by Crippen LogP contribution is -2.22. The number of amides is 1. The van der Waals surface area contributed by atoms with Gasteiger partial charge in [0, 0.05) is 24.5 Å². The van der Waals surface area contributed by atoms with Crippen LogP contribution in [0.4, 0.5) is 11.4 Å². The van der Waals surface area contributed by atoms with Gasteiger partial charge in [0.2, 0.25) is 5.91 Å². The fourth-order valence-corrected chi connectivity index (χ4v) is 3.08. The minimum atomic E-state index is -0.0538. The van der Waals surface area contributed by atoms with E-state index in [1.54, 1.807) is 0 Å². The standard InChI is InChI=1S/C20H24N4O/c1-4-23(5-2)17-12-10-16(11-13-17)22-20(25)14-24-15(3)21-18-8-6-7-9-19(18)24/h6-13H,4-5,14H2,1-3H3,(H,22,25). The number of nitrogens with zero attached hydrogens (tertiary/aromatic N) is 3. The molecule has 0 bridgehead atoms. The van der Waals surface area contributed by atoms with E-state index in [4.69, 9.17) is 0 Å². The lowest BCUT2D eigenvalue weighted by atomic mass is 10.2. The number of aryl methyl sites for hydroxylation is 1. The van der Waals surface area contributed by atoms with Gasteiger partial charge in [-0.2, -0.15) is 0 Å². The summed E-state index contributed by atoms with van der Waals surface area (Å²) in [5.41, 5.74) is 3.87. The summed E-state index contributed by atoms with van der Waals surface area (Å²) in [6.07, 6.45) is 0. The number of anilines is 2. The zero-order chi connectivity index (χ0) is 17.8. The molecule has 5 nitrogen and oxygen atoms in total. The van der Waals surface area contributed by atoms with Gasteiger partial charge in [0.15, 0.2) is 0 Å². The molecule has 0 fully saturated rings. The van der Waals surface area contributed by atoms with Crippen molar-refractivity contribution in [1.29, 1.82) is 0 Å². The van der Waals surface area contributed by atoms with Crippen molar-refractivity contribution in [1.82, 2.24) is 9.55 Å². The number of aromatic nitrogens is 2. The highest BCUT2D eigenvalue weighted by Crippen LogP contribution is 2.19. The first-order chi connectivity index (χ1) is 12.1. The molecule has 3 rings (SSSR count). The second-order valence-electron chi connectivity index (χ2n) is 6.00. The van der Waals surface area contributed by atoms with Crippen LogP contribution in [0.1, 0.15) is 19.7 Å². The summed E-state index contributed by atoms with van der Waals surface area (Å²) >= 11 is 0. The van der Waals surface area contributed by atoms with Crippen molar-refractivity contribution in [2.75, 3.05) is 23.3 Å². The van der Waals surface area contributed by atoms with Gasteiger partial charge in [-0.1, -0.05) is 12.1 Å². The van der Waals surface area contributed by atoms with E-state index < -0.39 is 0 Å². The Kier molecular flexibility index (Phi) is 5.03. The molecule has 1 aromatic heterocycles. The smallest absolute Gasteiger partial charge is 0.244 e. The average Bonchev–Trinajstić information content (AvgIpc) is 2.93. The van der Waals surface area contributed by atoms with Crippen LogP contribution in [0, 0.1) is 6.92 Å². The Balaban J connectivity index is 1.71. The summed E-state index contributed by atoms with van der Waals surface area (Å²) in [5, 5.41) is 2.97. The Morgan fingerprint density at radius 3 is 2.44 bits per heavy atom. The largest absolute Gasteiger partial charge is 0.372 e. The lowest BCUT2D eigenvalue weighted by molar-refractivity contribution is -0.116. The van der Waals surface area contributed by atoms with Crippen molar-refractivity contribution in [2.24, 2.45) is 0 Å². The van der Waals surface area contributed by atoms with Crippen molar-refractivity contribution in [3.63, 3.8) is 0 Å². The fourth-order valence-electron chi connectivity index (χ4n) is 3.08. The van der Waals surface area contributed by atoms with E-state index in [0.29, 0.717) is 0 Å². The molecule has 0 saturated carbocycles. The van der Waals surface area contributed by atoms with Crippen LogP contribution in [0.3, 0.4) is 0 Å². The summed E-state index contributed by atoms with van der Waals surface area (Å²) in [6.45, 7) is 8.38. The lowest BCUT2D eigenvalue weighted by Gasteiger charge is -2.21. The Labute approximate surface area is 148 Å². The van der Waals surface area contributed by atoms with Crippen molar-refractivity contribution in [3.8, 4) is 0 Å². The van der Waals surface area contributed by atoms with Crippen LogP contribution in [0.2, 0.25) is 0 Å². The van der Waals surface area contributed by atoms with E-state index in [-0.39, 0.29) is 12.5 Å². The zero-order valence-corrected chi connectivity index (χ0v) is 15.0. The molecule has 5 heteroatoms. The van der Waals surface area contributed by atoms with E-state index in [1.807, 2.05) is 60.0 Å². The van der Waals surface area contributed by atoms with E-state index >= 15 is 0 Å². The molecule has 0 saturated heterocycles. The van der Waals surface area contributed by atoms with Crippen LogP contribution >= 0.6 is 0 Å². The Hall–Kier alpha value is -2.82. The first-order valence-electron chi connectivity index (χ1n) is 8.69. The molecule has 1 amide bonds. The van der Waals surface area contributed by atoms with Gasteiger partial charge in [0.25, 0.3) is 0 Å². The second-order valence-corrected chi connectivity index (χ2v) is 6.00. The number of rotatable bonds is 6. The highest BCUT2D eigenvalue weighted by Gasteiger charge is 2.11. The first kappa shape index (κ1) is 17.0. The third kappa shape index (κ3) is 3.65. The van der Waals surface area contributed by atoms with Gasteiger partial charge in [-0.15, -0.1) is 0 Å². The van der Waals surface area contributed by atoms with Crippen molar-refractivity contribution in [3.05, 3.63) is 54.4 Å². The van der Waals surface area contributed by atoms with Gasteiger partial charge in [0.05, 0.1) is 11.0 Å². The molecule has 0 aliphatic rings. The Bertz CT molecular complexity index is 863. The van der Waals surface area contributed by atoms with Gasteiger partial charge < -0.3 is 14.8 Å². The van der Waals surface area contributed by atoms with Crippen LogP contribution in [0.5, 0.6) is 0 Å². The second kappa shape index (κ2) is 7.38. The third-order valence-electron chi connectivity index (χ3n) is 4.43. The summed E-state index contributed by atoms with van der Waals surface area (Å²) in [6, 6.07) is 15.8. The van der Waals surface area contributed by atoms with Crippen molar-refractivity contribution < 1.29 is 4.79 Å². The van der Waals surface area contributed by atoms with Gasteiger partial charge in [-0.3, -0.25) is 4.79 Å². The molecule has 0 unspecified atom stereocenters. The molecule has 0 atom stereocenters. The quantitative estimate of drug-likeness (QED) is 0.744. The average molecular weight is 336 g/mol. The van der Waals surface area contributed by atoms with E-state index in [2.05, 4.69) is 29.0 Å². The number of hydrogen-bond acceptors (Lipinski definition) is 3. The van der Waals surface area contributed by atoms with Crippen molar-refractivity contribution in [2.45, 2.75) is 27.3 Å². The highest BCUT2D eigenvalue weighted by atomic mass is 16.1. The molecule has 1 N–H and O–H groups in total. The SMILES string of the molecule is CCN(CC)c1ccc(NC(=O)Cn2c(C)nc3ccccc32)cc1. The third-order valence-corrected chi connectivity index (χ3v) is 4.43. The summed E-state index contributed by atoms with van der Waals surface area (Å²) in [7, 11) is 0. The first-order valence-corrected chi connectivity index (χ1v) is 8.69. The molecule has 2 aromatic carbocycles. The van der Waals surface area contributed by atoms with E-state index in [9.17, 15) is 4.79 Å². The predicted octanol–water partition coefficient (Wildman–Crippen LogP) is 3.83. The van der Waals surface area contributed by atoms with E-state index in [0.717, 1.165) is 35.6 Å². The Morgan fingerprint density at radius 1 is 1.08 bits per heavy atom. The molecular weight excluding hydrogens is 312 g/mol. The number of imidazole rings is 1. The molecule has 0 aliphatic heterocycles. The van der Waals surface area contributed by atoms with Gasteiger partial charge in [-0.05, 0) is 57.2 Å². The summed E-state index contributed by atoms with van der Waals surface area (Å²) in [4.78, 5) is 19.2. The molecule has 1 heterocycles. The zero-order valence-electron chi connectivity index (χ0n) is 15.0. The molecule has 0 aliphatic carbocycles. The molecular formula is C20H24N4O. The predicted molar refractivity (Wildman–Crippen MR) is 103 cm³/mol. The van der Waals surface area contributed by atoms with Crippen molar-refractivity contribution >= 4 is 28.3 Å². The number of carbonyl (C=O) groups excluding carboxylic acids is 1. The minimum absolute atomic E-state index is 0.0538. The summed E-state index contributed by atoms with van der Waals surface area (Å²) in [5.74, 6) is 0.787. The monoisotopic (exact) mass is 336 g/mol. The van der Waals surface area contributed by atoms with Crippen LogP contribution in [-0.2, 0) is 11.3 Å². The fraction of sp³-hybridized carbons (Fsp3) is 0.300. The van der Waals surface area contributed by atoms with Crippen LogP contribution in [-0.4, -0.2) is 28.5 Å². The van der Waals surface area contributed by atoms with Crippen LogP contribution < -0.4 is 10.2 Å². The molecule has 25 heavy (non-hydrogen) atoms. The number of nitrogens with one attached hydrogen (secondary N) is 1. The van der Waals surface area contributed by atoms with Gasteiger partial charge in [-0.25, -0.2) is 4.98 Å². The van der Waals surface area contributed by atoms with Gasteiger partial charge >= 0.3 is 0 Å². The molecule has 3 aromatic rings. The normalized spacial score (nSPS) is 10.8. The maximum Gasteiger partial charge on any atom is 0.244 e. The molecule has 0 spiro atoms. The maximum atomic E-state index is 12.4. The Morgan fingerprint density at radius 2 is 1.76 bits per heavy atom. The topological polar surface area (TPSA) is 50.2 Å². The van der Waals surface area contributed by atoms with E-state index in [1.165, 1.54) is 5.69 Å². The number of benzene rings is 2. The highest BCUT2D eigenvalue weighted by molar-refractivity contribution is 5.92. The van der Waals surface area contributed by atoms with Crippen LogP contribution in [0.15, 0.2) is 48.5 Å². The maximum absolute atomic E-state index is 12.4. The summed E-state index contributed by atoms with van der Waals surface area (Å²) < 4.78 is 1.94. The molecule has 0 radical (unpaired) electrons. The van der Waals surface area contributed by atoms with Crippen LogP contribution in [0.25, 0.3) is 11.0 Å². The molecule has 130 valence electrons. The number of fused-ring (bicyclic) bond motifs is 1. The number of carbonyl (C=O) groups is 1. The van der Waals surface area contributed by atoms with Gasteiger partial charge in [0.1, 0.15) is 12.4 Å². The number of hydrogen-bond donors (Lipinski definition) is 1.